The van der Waals surface area contributed by atoms with E-state index in [0.29, 0.717) is 18.3 Å². The average molecular weight is 255 g/mol. The third-order valence-corrected chi connectivity index (χ3v) is 3.99. The van der Waals surface area contributed by atoms with Crippen LogP contribution >= 0.6 is 0 Å². The van der Waals surface area contributed by atoms with E-state index in [1.165, 1.54) is 0 Å². The molecular formula is C14H26FN3. The lowest BCUT2D eigenvalue weighted by Gasteiger charge is -2.38. The molecule has 3 atom stereocenters. The van der Waals surface area contributed by atoms with Crippen LogP contribution in [0, 0.1) is 29.1 Å². The van der Waals surface area contributed by atoms with Crippen LogP contribution in [0.25, 0.3) is 0 Å². The van der Waals surface area contributed by atoms with Crippen LogP contribution < -0.4 is 10.6 Å². The summed E-state index contributed by atoms with van der Waals surface area (Å²) in [7, 11) is 0. The SMILES string of the molecule is CC.CC1CCC(C2CNC(C#N)NC2)C(F)C1. The molecule has 0 spiro atoms. The minimum atomic E-state index is -0.656. The molecule has 1 aliphatic heterocycles. The Bertz CT molecular complexity index is 269. The standard InChI is InChI=1S/C12H20FN3.C2H6/c1-8-2-3-10(11(13)4-8)9-6-15-12(5-14)16-7-9;1-2/h8-12,15-16H,2-4,6-7H2,1H3;1-2H3. The Labute approximate surface area is 110 Å². The molecule has 4 heteroatoms. The molecule has 0 aromatic carbocycles. The minimum absolute atomic E-state index is 0.177. The fraction of sp³-hybridized carbons (Fsp3) is 0.929. The monoisotopic (exact) mass is 255 g/mol. The molecule has 2 aliphatic rings. The van der Waals surface area contributed by atoms with Crippen molar-refractivity contribution in [3.63, 3.8) is 0 Å². The highest BCUT2D eigenvalue weighted by molar-refractivity contribution is 4.95. The zero-order chi connectivity index (χ0) is 13.5. The van der Waals surface area contributed by atoms with Crippen LogP contribution in [0.5, 0.6) is 0 Å². The number of rotatable bonds is 1. The molecule has 3 nitrogen and oxygen atoms in total. The van der Waals surface area contributed by atoms with E-state index in [4.69, 9.17) is 5.26 Å². The Balaban J connectivity index is 0.000000771. The summed E-state index contributed by atoms with van der Waals surface area (Å²) >= 11 is 0. The third kappa shape index (κ3) is 3.93. The molecule has 0 radical (unpaired) electrons. The summed E-state index contributed by atoms with van der Waals surface area (Å²) in [6, 6.07) is 2.13. The first-order valence-electron chi connectivity index (χ1n) is 7.21. The van der Waals surface area contributed by atoms with Crippen molar-refractivity contribution in [2.75, 3.05) is 13.1 Å². The van der Waals surface area contributed by atoms with Crippen LogP contribution in [0.4, 0.5) is 4.39 Å². The second kappa shape index (κ2) is 7.70. The molecule has 104 valence electrons. The van der Waals surface area contributed by atoms with Crippen molar-refractivity contribution < 1.29 is 4.39 Å². The Morgan fingerprint density at radius 2 is 1.78 bits per heavy atom. The molecule has 2 fully saturated rings. The Hall–Kier alpha value is -0.660. The van der Waals surface area contributed by atoms with Gasteiger partial charge in [0.05, 0.1) is 6.07 Å². The lowest BCUT2D eigenvalue weighted by Crippen LogP contribution is -2.55. The van der Waals surface area contributed by atoms with Gasteiger partial charge in [-0.2, -0.15) is 5.26 Å². The van der Waals surface area contributed by atoms with Gasteiger partial charge in [0.2, 0.25) is 0 Å². The van der Waals surface area contributed by atoms with Crippen molar-refractivity contribution in [1.29, 1.82) is 5.26 Å². The number of hydrogen-bond acceptors (Lipinski definition) is 3. The zero-order valence-electron chi connectivity index (χ0n) is 11.7. The zero-order valence-corrected chi connectivity index (χ0v) is 11.7. The fourth-order valence-corrected chi connectivity index (χ4v) is 2.94. The van der Waals surface area contributed by atoms with Crippen LogP contribution in [-0.4, -0.2) is 25.4 Å². The summed E-state index contributed by atoms with van der Waals surface area (Å²) < 4.78 is 13.9. The van der Waals surface area contributed by atoms with Crippen molar-refractivity contribution >= 4 is 0 Å². The first-order chi connectivity index (χ1) is 8.70. The van der Waals surface area contributed by atoms with Gasteiger partial charge in [-0.25, -0.2) is 4.39 Å². The highest BCUT2D eigenvalue weighted by Crippen LogP contribution is 2.35. The van der Waals surface area contributed by atoms with Crippen LogP contribution in [-0.2, 0) is 0 Å². The van der Waals surface area contributed by atoms with Crippen molar-refractivity contribution in [2.45, 2.75) is 52.4 Å². The number of hydrogen-bond donors (Lipinski definition) is 2. The first kappa shape index (κ1) is 15.4. The van der Waals surface area contributed by atoms with Crippen molar-refractivity contribution in [3.8, 4) is 6.07 Å². The summed E-state index contributed by atoms with van der Waals surface area (Å²) in [5.41, 5.74) is 0. The summed E-state index contributed by atoms with van der Waals surface area (Å²) in [5, 5.41) is 14.9. The number of nitriles is 1. The van der Waals surface area contributed by atoms with Gasteiger partial charge in [0, 0.05) is 13.1 Å². The number of halogens is 1. The van der Waals surface area contributed by atoms with E-state index in [2.05, 4.69) is 23.6 Å². The Morgan fingerprint density at radius 3 is 2.28 bits per heavy atom. The maximum absolute atomic E-state index is 13.9. The molecule has 0 bridgehead atoms. The van der Waals surface area contributed by atoms with Crippen molar-refractivity contribution in [3.05, 3.63) is 0 Å². The third-order valence-electron chi connectivity index (χ3n) is 3.99. The van der Waals surface area contributed by atoms with Gasteiger partial charge in [-0.05, 0) is 30.6 Å². The number of alkyl halides is 1. The lowest BCUT2D eigenvalue weighted by atomic mass is 9.74. The molecule has 18 heavy (non-hydrogen) atoms. The van der Waals surface area contributed by atoms with Crippen LogP contribution in [0.1, 0.15) is 40.0 Å². The molecule has 2 rings (SSSR count). The molecule has 0 amide bonds. The van der Waals surface area contributed by atoms with Gasteiger partial charge in [-0.3, -0.25) is 10.6 Å². The summed E-state index contributed by atoms with van der Waals surface area (Å²) in [5.74, 6) is 1.05. The second-order valence-electron chi connectivity index (χ2n) is 5.24. The Kier molecular flexibility index (Phi) is 6.59. The highest BCUT2D eigenvalue weighted by Gasteiger charge is 2.35. The van der Waals surface area contributed by atoms with E-state index < -0.39 is 6.17 Å². The van der Waals surface area contributed by atoms with E-state index in [-0.39, 0.29) is 12.1 Å². The predicted molar refractivity (Wildman–Crippen MR) is 71.6 cm³/mol. The molecule has 1 saturated carbocycles. The normalized spacial score (nSPS) is 40.3. The molecule has 2 N–H and O–H groups in total. The molecule has 1 saturated heterocycles. The molecule has 1 heterocycles. The van der Waals surface area contributed by atoms with Crippen molar-refractivity contribution in [2.24, 2.45) is 17.8 Å². The van der Waals surface area contributed by atoms with Gasteiger partial charge in [0.15, 0.2) is 0 Å². The molecular weight excluding hydrogens is 229 g/mol. The van der Waals surface area contributed by atoms with E-state index in [1.54, 1.807) is 0 Å². The van der Waals surface area contributed by atoms with Crippen molar-refractivity contribution in [1.82, 2.24) is 10.6 Å². The molecule has 0 aromatic rings. The number of nitrogens with one attached hydrogen (secondary N) is 2. The quantitative estimate of drug-likeness (QED) is 0.756. The lowest BCUT2D eigenvalue weighted by molar-refractivity contribution is 0.0763. The molecule has 3 unspecified atom stereocenters. The van der Waals surface area contributed by atoms with Crippen LogP contribution in [0.15, 0.2) is 0 Å². The van der Waals surface area contributed by atoms with Gasteiger partial charge in [-0.1, -0.05) is 27.2 Å². The minimum Gasteiger partial charge on any atom is -0.290 e. The number of nitrogens with zero attached hydrogens (tertiary/aromatic N) is 1. The van der Waals surface area contributed by atoms with Gasteiger partial charge in [0.25, 0.3) is 0 Å². The van der Waals surface area contributed by atoms with Crippen LogP contribution in [0.3, 0.4) is 0 Å². The Morgan fingerprint density at radius 1 is 1.17 bits per heavy atom. The summed E-state index contributed by atoms with van der Waals surface area (Å²) in [4.78, 5) is 0. The van der Waals surface area contributed by atoms with Gasteiger partial charge < -0.3 is 0 Å². The molecule has 1 aliphatic carbocycles. The van der Waals surface area contributed by atoms with Crippen LogP contribution in [0.2, 0.25) is 0 Å². The van der Waals surface area contributed by atoms with E-state index in [1.807, 2.05) is 13.8 Å². The van der Waals surface area contributed by atoms with Gasteiger partial charge in [0.1, 0.15) is 12.3 Å². The predicted octanol–water partition coefficient (Wildman–Crippen LogP) is 2.45. The average Bonchev–Trinajstić information content (AvgIpc) is 2.41. The first-order valence-corrected chi connectivity index (χ1v) is 7.21. The smallest absolute Gasteiger partial charge is 0.147 e. The van der Waals surface area contributed by atoms with E-state index in [0.717, 1.165) is 25.9 Å². The summed E-state index contributed by atoms with van der Waals surface area (Å²) in [6.45, 7) is 7.67. The van der Waals surface area contributed by atoms with Gasteiger partial charge in [-0.15, -0.1) is 0 Å². The molecule has 0 aromatic heterocycles. The highest BCUT2D eigenvalue weighted by atomic mass is 19.1. The maximum Gasteiger partial charge on any atom is 0.147 e. The van der Waals surface area contributed by atoms with E-state index >= 15 is 0 Å². The second-order valence-corrected chi connectivity index (χ2v) is 5.24. The van der Waals surface area contributed by atoms with E-state index in [9.17, 15) is 4.39 Å². The maximum atomic E-state index is 13.9. The fourth-order valence-electron chi connectivity index (χ4n) is 2.94. The largest absolute Gasteiger partial charge is 0.290 e. The van der Waals surface area contributed by atoms with Gasteiger partial charge >= 0.3 is 0 Å². The summed E-state index contributed by atoms with van der Waals surface area (Å²) in [6.07, 6.45) is 1.94. The topological polar surface area (TPSA) is 47.9 Å².